The van der Waals surface area contributed by atoms with Gasteiger partial charge in [-0.15, -0.1) is 0 Å². The number of aromatic nitrogens is 4. The van der Waals surface area contributed by atoms with Gasteiger partial charge < -0.3 is 0 Å². The molecule has 1 N–H and O–H groups in total. The van der Waals surface area contributed by atoms with Crippen LogP contribution in [0.25, 0.3) is 0 Å². The number of aryl methyl sites for hydroxylation is 3. The molecule has 0 aliphatic carbocycles. The van der Waals surface area contributed by atoms with Gasteiger partial charge in [-0.1, -0.05) is 11.6 Å². The molecule has 0 radical (unpaired) electrons. The Balaban J connectivity index is 2.10. The van der Waals surface area contributed by atoms with Crippen LogP contribution >= 0.6 is 11.6 Å². The summed E-state index contributed by atoms with van der Waals surface area (Å²) in [6.07, 6.45) is 2.74. The van der Waals surface area contributed by atoms with Crippen molar-refractivity contribution in [1.82, 2.24) is 25.0 Å². The number of amides is 1. The molecule has 9 heteroatoms. The van der Waals surface area contributed by atoms with Crippen molar-refractivity contribution in [1.29, 1.82) is 0 Å². The second kappa shape index (κ2) is 6.04. The molecule has 2 aromatic rings. The lowest BCUT2D eigenvalue weighted by molar-refractivity contribution is 0.0949. The van der Waals surface area contributed by atoms with E-state index in [9.17, 15) is 9.18 Å². The number of hydrazone groups is 1. The zero-order valence-electron chi connectivity index (χ0n) is 11.8. The van der Waals surface area contributed by atoms with Gasteiger partial charge in [0.05, 0.1) is 22.5 Å². The summed E-state index contributed by atoms with van der Waals surface area (Å²) in [5.74, 6) is -1.09. The maximum Gasteiger partial charge on any atom is 0.293 e. The molecule has 0 atom stereocenters. The Hall–Kier alpha value is -2.22. The highest BCUT2D eigenvalue weighted by molar-refractivity contribution is 6.33. The molecule has 2 aromatic heterocycles. The van der Waals surface area contributed by atoms with E-state index in [1.807, 2.05) is 6.92 Å². The van der Waals surface area contributed by atoms with Crippen LogP contribution in [0, 0.1) is 12.9 Å². The molecule has 0 spiro atoms. The quantitative estimate of drug-likeness (QED) is 0.686. The number of carbonyl (C=O) groups is 1. The van der Waals surface area contributed by atoms with Crippen LogP contribution in [0.4, 0.5) is 4.39 Å². The van der Waals surface area contributed by atoms with Crippen molar-refractivity contribution in [2.75, 3.05) is 0 Å². The van der Waals surface area contributed by atoms with Crippen molar-refractivity contribution < 1.29 is 9.18 Å². The second-order valence-electron chi connectivity index (χ2n) is 4.29. The first-order chi connectivity index (χ1) is 9.93. The Bertz CT molecular complexity index is 705. The summed E-state index contributed by atoms with van der Waals surface area (Å²) in [7, 11) is 1.48. The fourth-order valence-corrected chi connectivity index (χ4v) is 1.95. The number of nitrogens with one attached hydrogen (secondary N) is 1. The van der Waals surface area contributed by atoms with Crippen LogP contribution in [0.1, 0.15) is 28.7 Å². The number of hydrogen-bond donors (Lipinski definition) is 1. The normalized spacial score (nSPS) is 11.3. The van der Waals surface area contributed by atoms with Crippen molar-refractivity contribution >= 4 is 23.7 Å². The smallest absolute Gasteiger partial charge is 0.271 e. The van der Waals surface area contributed by atoms with Gasteiger partial charge in [-0.25, -0.2) is 10.1 Å². The monoisotopic (exact) mass is 312 g/mol. The van der Waals surface area contributed by atoms with E-state index >= 15 is 0 Å². The van der Waals surface area contributed by atoms with Crippen molar-refractivity contribution in [3.05, 3.63) is 34.1 Å². The molecule has 21 heavy (non-hydrogen) atoms. The predicted octanol–water partition coefficient (Wildman–Crippen LogP) is 1.50. The molecule has 112 valence electrons. The summed E-state index contributed by atoms with van der Waals surface area (Å²) in [6.45, 7) is 4.11. The molecular formula is C12H14ClFN6O. The van der Waals surface area contributed by atoms with Gasteiger partial charge in [0.1, 0.15) is 0 Å². The molecule has 0 fully saturated rings. The predicted molar refractivity (Wildman–Crippen MR) is 75.9 cm³/mol. The van der Waals surface area contributed by atoms with E-state index in [1.165, 1.54) is 17.9 Å². The number of nitrogens with zero attached hydrogens (tertiary/aromatic N) is 5. The minimum atomic E-state index is -0.564. The summed E-state index contributed by atoms with van der Waals surface area (Å²) < 4.78 is 16.3. The van der Waals surface area contributed by atoms with Crippen molar-refractivity contribution in [2.24, 2.45) is 12.1 Å². The topological polar surface area (TPSA) is 77.1 Å². The van der Waals surface area contributed by atoms with Crippen LogP contribution < -0.4 is 5.43 Å². The van der Waals surface area contributed by atoms with Crippen LogP contribution in [0.3, 0.4) is 0 Å². The van der Waals surface area contributed by atoms with Gasteiger partial charge in [-0.05, 0) is 13.8 Å². The molecular weight excluding hydrogens is 299 g/mol. The van der Waals surface area contributed by atoms with E-state index in [1.54, 1.807) is 13.1 Å². The Morgan fingerprint density at radius 2 is 2.29 bits per heavy atom. The summed E-state index contributed by atoms with van der Waals surface area (Å²) in [5, 5.41) is 11.8. The Morgan fingerprint density at radius 3 is 2.81 bits per heavy atom. The van der Waals surface area contributed by atoms with E-state index in [-0.39, 0.29) is 16.3 Å². The van der Waals surface area contributed by atoms with Gasteiger partial charge in [0.25, 0.3) is 5.91 Å². The third kappa shape index (κ3) is 3.10. The van der Waals surface area contributed by atoms with Gasteiger partial charge in [-0.3, -0.25) is 9.48 Å². The first-order valence-corrected chi connectivity index (χ1v) is 6.57. The maximum absolute atomic E-state index is 13.6. The Morgan fingerprint density at radius 1 is 1.57 bits per heavy atom. The van der Waals surface area contributed by atoms with E-state index in [2.05, 4.69) is 20.7 Å². The first kappa shape index (κ1) is 15.2. The van der Waals surface area contributed by atoms with E-state index < -0.39 is 11.9 Å². The number of rotatable bonds is 4. The number of carbonyl (C=O) groups excluding carboxylic acids is 1. The van der Waals surface area contributed by atoms with Gasteiger partial charge >= 0.3 is 0 Å². The second-order valence-corrected chi connectivity index (χ2v) is 4.70. The molecule has 0 saturated carbocycles. The fraction of sp³-hybridized carbons (Fsp3) is 0.333. The molecule has 0 aromatic carbocycles. The zero-order valence-corrected chi connectivity index (χ0v) is 12.5. The molecule has 2 rings (SSSR count). The maximum atomic E-state index is 13.6. The summed E-state index contributed by atoms with van der Waals surface area (Å²) in [6, 6.07) is 0. The van der Waals surface area contributed by atoms with Gasteiger partial charge in [-0.2, -0.15) is 19.7 Å². The zero-order chi connectivity index (χ0) is 15.6. The van der Waals surface area contributed by atoms with Crippen LogP contribution in [0.5, 0.6) is 0 Å². The van der Waals surface area contributed by atoms with Gasteiger partial charge in [0.2, 0.25) is 5.95 Å². The SMILES string of the molecule is CCn1cc(Cl)c(C(=O)N/N=C/c2c(C)nn(C)c2F)n1. The van der Waals surface area contributed by atoms with E-state index in [0.29, 0.717) is 12.2 Å². The molecule has 0 aliphatic heterocycles. The van der Waals surface area contributed by atoms with Crippen LogP contribution in [-0.4, -0.2) is 31.7 Å². The summed E-state index contributed by atoms with van der Waals surface area (Å²) in [4.78, 5) is 11.9. The van der Waals surface area contributed by atoms with E-state index in [0.717, 1.165) is 4.68 Å². The molecule has 1 amide bonds. The standard InChI is InChI=1S/C12H14ClFN6O/c1-4-20-6-9(13)10(18-20)12(21)16-15-5-8-7(2)17-19(3)11(8)14/h5-6H,4H2,1-3H3,(H,16,21)/b15-5+. The third-order valence-corrected chi connectivity index (χ3v) is 3.09. The largest absolute Gasteiger partial charge is 0.293 e. The lowest BCUT2D eigenvalue weighted by Crippen LogP contribution is -2.19. The van der Waals surface area contributed by atoms with E-state index in [4.69, 9.17) is 11.6 Å². The summed E-state index contributed by atoms with van der Waals surface area (Å²) >= 11 is 5.90. The fourth-order valence-electron chi connectivity index (χ4n) is 1.71. The average Bonchev–Trinajstić information content (AvgIpc) is 2.93. The van der Waals surface area contributed by atoms with Crippen molar-refractivity contribution in [3.63, 3.8) is 0 Å². The van der Waals surface area contributed by atoms with Crippen LogP contribution in [0.15, 0.2) is 11.3 Å². The Kier molecular flexibility index (Phi) is 4.37. The number of halogens is 2. The first-order valence-electron chi connectivity index (χ1n) is 6.19. The highest BCUT2D eigenvalue weighted by atomic mass is 35.5. The molecule has 0 aliphatic rings. The molecule has 0 saturated heterocycles. The number of hydrogen-bond acceptors (Lipinski definition) is 4. The van der Waals surface area contributed by atoms with Crippen LogP contribution in [0.2, 0.25) is 5.02 Å². The lowest BCUT2D eigenvalue weighted by atomic mass is 10.3. The van der Waals surface area contributed by atoms with Crippen molar-refractivity contribution in [2.45, 2.75) is 20.4 Å². The minimum absolute atomic E-state index is 0.0686. The molecule has 0 bridgehead atoms. The molecule has 0 unspecified atom stereocenters. The van der Waals surface area contributed by atoms with Crippen LogP contribution in [-0.2, 0) is 13.6 Å². The highest BCUT2D eigenvalue weighted by Crippen LogP contribution is 2.13. The molecule has 2 heterocycles. The van der Waals surface area contributed by atoms with Gasteiger partial charge in [0, 0.05) is 19.8 Å². The van der Waals surface area contributed by atoms with Gasteiger partial charge in [0.15, 0.2) is 5.69 Å². The summed E-state index contributed by atoms with van der Waals surface area (Å²) in [5.41, 5.74) is 3.01. The lowest BCUT2D eigenvalue weighted by Gasteiger charge is -1.96. The van der Waals surface area contributed by atoms with Crippen molar-refractivity contribution in [3.8, 4) is 0 Å². The third-order valence-electron chi connectivity index (χ3n) is 2.81. The Labute approximate surface area is 125 Å². The highest BCUT2D eigenvalue weighted by Gasteiger charge is 2.15. The molecule has 7 nitrogen and oxygen atoms in total. The minimum Gasteiger partial charge on any atom is -0.271 e. The average molecular weight is 313 g/mol.